The summed E-state index contributed by atoms with van der Waals surface area (Å²) in [5.74, 6) is 1.33. The van der Waals surface area contributed by atoms with Crippen LogP contribution in [0.15, 0.2) is 35.0 Å². The topological polar surface area (TPSA) is 60.0 Å². The van der Waals surface area contributed by atoms with Crippen molar-refractivity contribution >= 4 is 17.2 Å². The van der Waals surface area contributed by atoms with Gasteiger partial charge in [0, 0.05) is 30.6 Å². The average molecular weight is 376 g/mol. The van der Waals surface area contributed by atoms with Crippen LogP contribution in [0, 0.1) is 0 Å². The van der Waals surface area contributed by atoms with Crippen molar-refractivity contribution in [3.8, 4) is 11.5 Å². The van der Waals surface area contributed by atoms with Crippen molar-refractivity contribution in [2.45, 2.75) is 6.04 Å². The molecule has 0 aliphatic carbocycles. The monoisotopic (exact) mass is 376 g/mol. The molecule has 1 aliphatic rings. The van der Waals surface area contributed by atoms with Gasteiger partial charge in [-0.25, -0.2) is 0 Å². The largest absolute Gasteiger partial charge is 0.493 e. The van der Waals surface area contributed by atoms with Crippen LogP contribution in [-0.2, 0) is 4.74 Å². The molecule has 1 saturated heterocycles. The Bertz CT molecular complexity index is 714. The predicted molar refractivity (Wildman–Crippen MR) is 101 cm³/mol. The van der Waals surface area contributed by atoms with Crippen molar-refractivity contribution in [1.82, 2.24) is 10.2 Å². The molecule has 2 aromatic rings. The molecule has 1 atom stereocenters. The van der Waals surface area contributed by atoms with Gasteiger partial charge in [0.1, 0.15) is 0 Å². The van der Waals surface area contributed by atoms with Crippen LogP contribution in [0.3, 0.4) is 0 Å². The quantitative estimate of drug-likeness (QED) is 0.805. The summed E-state index contributed by atoms with van der Waals surface area (Å²) in [5.41, 5.74) is 1.78. The molecular formula is C19H24N2O4S. The van der Waals surface area contributed by atoms with E-state index in [4.69, 9.17) is 14.2 Å². The number of methoxy groups -OCH3 is 2. The first-order valence-corrected chi connectivity index (χ1v) is 9.51. The number of benzene rings is 1. The molecule has 0 bridgehead atoms. The number of hydrogen-bond donors (Lipinski definition) is 1. The van der Waals surface area contributed by atoms with Crippen LogP contribution in [0.4, 0.5) is 0 Å². The van der Waals surface area contributed by atoms with Crippen LogP contribution in [-0.4, -0.2) is 57.9 Å². The first-order valence-electron chi connectivity index (χ1n) is 8.57. The van der Waals surface area contributed by atoms with E-state index in [0.29, 0.717) is 36.8 Å². The molecule has 0 spiro atoms. The third-order valence-corrected chi connectivity index (χ3v) is 5.20. The maximum absolute atomic E-state index is 12.4. The molecular weight excluding hydrogens is 352 g/mol. The lowest BCUT2D eigenvalue weighted by Crippen LogP contribution is -2.43. The van der Waals surface area contributed by atoms with E-state index < -0.39 is 0 Å². The number of rotatable bonds is 7. The molecule has 3 rings (SSSR count). The Morgan fingerprint density at radius 1 is 1.23 bits per heavy atom. The van der Waals surface area contributed by atoms with Crippen molar-refractivity contribution in [1.29, 1.82) is 0 Å². The van der Waals surface area contributed by atoms with Gasteiger partial charge < -0.3 is 19.5 Å². The lowest BCUT2D eigenvalue weighted by Gasteiger charge is -2.35. The third kappa shape index (κ3) is 4.35. The van der Waals surface area contributed by atoms with Gasteiger partial charge in [0.15, 0.2) is 11.5 Å². The Hall–Kier alpha value is -2.09. The zero-order valence-electron chi connectivity index (χ0n) is 15.1. The van der Waals surface area contributed by atoms with Crippen LogP contribution in [0.1, 0.15) is 22.0 Å². The summed E-state index contributed by atoms with van der Waals surface area (Å²) in [6, 6.07) is 7.79. The Balaban J connectivity index is 1.79. The summed E-state index contributed by atoms with van der Waals surface area (Å²) < 4.78 is 16.3. The standard InChI is InChI=1S/C19H24N2O4S/c1-23-17-4-3-14(11-18(17)24-2)16(21-6-8-25-9-7-21)12-20-19(22)15-5-10-26-13-15/h3-5,10-11,13,16H,6-9,12H2,1-2H3,(H,20,22)/t16-/m0/s1. The SMILES string of the molecule is COc1ccc([C@H](CNC(=O)c2ccsc2)N2CCOCC2)cc1OC. The van der Waals surface area contributed by atoms with E-state index in [0.717, 1.165) is 18.7 Å². The molecule has 0 saturated carbocycles. The molecule has 7 heteroatoms. The molecule has 26 heavy (non-hydrogen) atoms. The second kappa shape index (κ2) is 9.02. The smallest absolute Gasteiger partial charge is 0.252 e. The number of thiophene rings is 1. The zero-order valence-corrected chi connectivity index (χ0v) is 15.9. The van der Waals surface area contributed by atoms with E-state index in [-0.39, 0.29) is 11.9 Å². The van der Waals surface area contributed by atoms with E-state index in [2.05, 4.69) is 10.2 Å². The van der Waals surface area contributed by atoms with Crippen molar-refractivity contribution in [3.05, 3.63) is 46.2 Å². The summed E-state index contributed by atoms with van der Waals surface area (Å²) in [6.45, 7) is 3.56. The Morgan fingerprint density at radius 2 is 2.00 bits per heavy atom. The van der Waals surface area contributed by atoms with Gasteiger partial charge in [-0.15, -0.1) is 0 Å². The Kier molecular flexibility index (Phi) is 6.49. The number of hydrogen-bond acceptors (Lipinski definition) is 6. The van der Waals surface area contributed by atoms with E-state index in [1.165, 1.54) is 11.3 Å². The van der Waals surface area contributed by atoms with Crippen molar-refractivity contribution in [2.75, 3.05) is 47.1 Å². The zero-order chi connectivity index (χ0) is 18.4. The maximum Gasteiger partial charge on any atom is 0.252 e. The van der Waals surface area contributed by atoms with Gasteiger partial charge in [-0.1, -0.05) is 6.07 Å². The number of nitrogens with one attached hydrogen (secondary N) is 1. The van der Waals surface area contributed by atoms with Gasteiger partial charge in [0.2, 0.25) is 0 Å². The minimum Gasteiger partial charge on any atom is -0.493 e. The molecule has 1 amide bonds. The average Bonchev–Trinajstić information content (AvgIpc) is 3.23. The van der Waals surface area contributed by atoms with Crippen LogP contribution in [0.25, 0.3) is 0 Å². The highest BCUT2D eigenvalue weighted by molar-refractivity contribution is 7.08. The number of morpholine rings is 1. The van der Waals surface area contributed by atoms with E-state index in [9.17, 15) is 4.79 Å². The second-order valence-corrected chi connectivity index (χ2v) is 6.78. The highest BCUT2D eigenvalue weighted by Crippen LogP contribution is 2.32. The number of nitrogens with zero attached hydrogens (tertiary/aromatic N) is 1. The lowest BCUT2D eigenvalue weighted by atomic mass is 10.0. The van der Waals surface area contributed by atoms with Gasteiger partial charge in [-0.05, 0) is 29.1 Å². The molecule has 1 aliphatic heterocycles. The fraction of sp³-hybridized carbons (Fsp3) is 0.421. The van der Waals surface area contributed by atoms with Gasteiger partial charge in [-0.2, -0.15) is 11.3 Å². The Labute approximate surface area is 157 Å². The van der Waals surface area contributed by atoms with Gasteiger partial charge in [0.25, 0.3) is 5.91 Å². The molecule has 0 unspecified atom stereocenters. The molecule has 1 aromatic heterocycles. The van der Waals surface area contributed by atoms with Crippen molar-refractivity contribution in [2.24, 2.45) is 0 Å². The molecule has 1 fully saturated rings. The van der Waals surface area contributed by atoms with Gasteiger partial charge in [-0.3, -0.25) is 9.69 Å². The molecule has 2 heterocycles. The fourth-order valence-corrected chi connectivity index (χ4v) is 3.73. The molecule has 0 radical (unpaired) electrons. The molecule has 1 N–H and O–H groups in total. The fourth-order valence-electron chi connectivity index (χ4n) is 3.09. The van der Waals surface area contributed by atoms with E-state index in [1.54, 1.807) is 14.2 Å². The molecule has 1 aromatic carbocycles. The predicted octanol–water partition coefficient (Wildman–Crippen LogP) is 2.57. The second-order valence-electron chi connectivity index (χ2n) is 6.00. The minimum absolute atomic E-state index is 0.0429. The van der Waals surface area contributed by atoms with Crippen LogP contribution in [0.2, 0.25) is 0 Å². The summed E-state index contributed by atoms with van der Waals surface area (Å²) >= 11 is 1.52. The number of carbonyl (C=O) groups is 1. The highest BCUT2D eigenvalue weighted by Gasteiger charge is 2.24. The number of carbonyl (C=O) groups excluding carboxylic acids is 1. The van der Waals surface area contributed by atoms with Crippen LogP contribution < -0.4 is 14.8 Å². The minimum atomic E-state index is -0.0509. The number of amides is 1. The number of ether oxygens (including phenoxy) is 3. The molecule has 6 nitrogen and oxygen atoms in total. The normalized spacial score (nSPS) is 16.1. The highest BCUT2D eigenvalue weighted by atomic mass is 32.1. The summed E-state index contributed by atoms with van der Waals surface area (Å²) in [5, 5.41) is 6.82. The van der Waals surface area contributed by atoms with Crippen LogP contribution in [0.5, 0.6) is 11.5 Å². The molecule has 140 valence electrons. The van der Waals surface area contributed by atoms with Crippen molar-refractivity contribution < 1.29 is 19.0 Å². The van der Waals surface area contributed by atoms with Gasteiger partial charge in [0.05, 0.1) is 33.5 Å². The van der Waals surface area contributed by atoms with Crippen molar-refractivity contribution in [3.63, 3.8) is 0 Å². The van der Waals surface area contributed by atoms with E-state index >= 15 is 0 Å². The van der Waals surface area contributed by atoms with E-state index in [1.807, 2.05) is 35.0 Å². The Morgan fingerprint density at radius 3 is 2.65 bits per heavy atom. The maximum atomic E-state index is 12.4. The summed E-state index contributed by atoms with van der Waals surface area (Å²) in [4.78, 5) is 14.7. The van der Waals surface area contributed by atoms with Crippen LogP contribution >= 0.6 is 11.3 Å². The van der Waals surface area contributed by atoms with Gasteiger partial charge >= 0.3 is 0 Å². The first-order chi connectivity index (χ1) is 12.7. The lowest BCUT2D eigenvalue weighted by molar-refractivity contribution is 0.0162. The summed E-state index contributed by atoms with van der Waals surface area (Å²) in [6.07, 6.45) is 0. The third-order valence-electron chi connectivity index (χ3n) is 4.52. The first kappa shape index (κ1) is 18.7. The summed E-state index contributed by atoms with van der Waals surface area (Å²) in [7, 11) is 3.25.